The molecule has 1 atom stereocenters. The maximum atomic E-state index is 12.3. The fraction of sp³-hybridized carbons (Fsp3) is 0.312. The Morgan fingerprint density at radius 3 is 2.85 bits per heavy atom. The van der Waals surface area contributed by atoms with Gasteiger partial charge in [0.2, 0.25) is 5.91 Å². The van der Waals surface area contributed by atoms with E-state index in [2.05, 4.69) is 9.97 Å². The number of aromatic nitrogens is 2. The monoisotopic (exact) mass is 267 g/mol. The number of carbonyl (C=O) groups excluding carboxylic acids is 1. The van der Waals surface area contributed by atoms with E-state index in [1.54, 1.807) is 12.5 Å². The zero-order valence-electron chi connectivity index (χ0n) is 11.3. The van der Waals surface area contributed by atoms with Crippen molar-refractivity contribution in [2.75, 3.05) is 13.1 Å². The third kappa shape index (κ3) is 2.85. The molecule has 20 heavy (non-hydrogen) atoms. The van der Waals surface area contributed by atoms with Crippen molar-refractivity contribution in [3.63, 3.8) is 0 Å². The summed E-state index contributed by atoms with van der Waals surface area (Å²) in [6.07, 6.45) is 4.80. The fourth-order valence-corrected chi connectivity index (χ4v) is 2.65. The Balaban J connectivity index is 1.61. The molecule has 1 fully saturated rings. The van der Waals surface area contributed by atoms with Crippen molar-refractivity contribution < 1.29 is 4.79 Å². The summed E-state index contributed by atoms with van der Waals surface area (Å²) in [6, 6.07) is 11.8. The van der Waals surface area contributed by atoms with E-state index in [1.165, 1.54) is 0 Å². The molecule has 2 aromatic rings. The van der Waals surface area contributed by atoms with Gasteiger partial charge in [0.1, 0.15) is 6.33 Å². The Kier molecular flexibility index (Phi) is 3.72. The second kappa shape index (κ2) is 5.82. The van der Waals surface area contributed by atoms with Gasteiger partial charge in [-0.2, -0.15) is 0 Å². The number of amides is 1. The van der Waals surface area contributed by atoms with Crippen LogP contribution in [0.5, 0.6) is 0 Å². The molecule has 0 N–H and O–H groups in total. The van der Waals surface area contributed by atoms with Gasteiger partial charge in [-0.1, -0.05) is 30.3 Å². The number of hydrogen-bond acceptors (Lipinski definition) is 3. The lowest BCUT2D eigenvalue weighted by Gasteiger charge is -2.16. The topological polar surface area (TPSA) is 46.1 Å². The third-order valence-electron chi connectivity index (χ3n) is 3.76. The molecule has 1 amide bonds. The van der Waals surface area contributed by atoms with Crippen molar-refractivity contribution in [3.05, 3.63) is 60.2 Å². The minimum absolute atomic E-state index is 0.202. The van der Waals surface area contributed by atoms with Crippen LogP contribution in [0.25, 0.3) is 0 Å². The molecule has 3 rings (SSSR count). The van der Waals surface area contributed by atoms with Crippen molar-refractivity contribution in [1.82, 2.24) is 14.9 Å². The summed E-state index contributed by atoms with van der Waals surface area (Å²) in [6.45, 7) is 1.59. The summed E-state index contributed by atoms with van der Waals surface area (Å²) in [5.41, 5.74) is 2.11. The van der Waals surface area contributed by atoms with Gasteiger partial charge in [0.25, 0.3) is 0 Å². The standard InChI is InChI=1S/C16H17N3O/c20-16(10-13-4-2-1-3-5-13)19-9-7-14(11-19)15-6-8-17-12-18-15/h1-6,8,12,14H,7,9-11H2. The molecular formula is C16H17N3O. The van der Waals surface area contributed by atoms with Crippen LogP contribution in [0.2, 0.25) is 0 Å². The molecule has 0 bridgehead atoms. The molecule has 1 aliphatic rings. The number of carbonyl (C=O) groups is 1. The van der Waals surface area contributed by atoms with Crippen LogP contribution >= 0.6 is 0 Å². The highest BCUT2D eigenvalue weighted by Crippen LogP contribution is 2.25. The molecule has 1 saturated heterocycles. The second-order valence-electron chi connectivity index (χ2n) is 5.12. The van der Waals surface area contributed by atoms with Crippen LogP contribution in [-0.2, 0) is 11.2 Å². The Morgan fingerprint density at radius 2 is 2.10 bits per heavy atom. The first kappa shape index (κ1) is 12.8. The molecule has 102 valence electrons. The lowest BCUT2D eigenvalue weighted by Crippen LogP contribution is -2.29. The van der Waals surface area contributed by atoms with Crippen LogP contribution in [0.15, 0.2) is 48.9 Å². The number of rotatable bonds is 3. The van der Waals surface area contributed by atoms with Crippen molar-refractivity contribution in [2.24, 2.45) is 0 Å². The first-order chi connectivity index (χ1) is 9.83. The Bertz CT molecular complexity index is 571. The molecule has 1 unspecified atom stereocenters. The molecule has 0 spiro atoms. The minimum atomic E-state index is 0.202. The highest BCUT2D eigenvalue weighted by Gasteiger charge is 2.27. The van der Waals surface area contributed by atoms with Gasteiger partial charge in [0, 0.05) is 30.9 Å². The average molecular weight is 267 g/mol. The summed E-state index contributed by atoms with van der Waals surface area (Å²) >= 11 is 0. The highest BCUT2D eigenvalue weighted by atomic mass is 16.2. The van der Waals surface area contributed by atoms with Gasteiger partial charge < -0.3 is 4.90 Å². The molecule has 0 radical (unpaired) electrons. The van der Waals surface area contributed by atoms with Crippen LogP contribution in [-0.4, -0.2) is 33.9 Å². The smallest absolute Gasteiger partial charge is 0.227 e. The Labute approximate surface area is 118 Å². The molecular weight excluding hydrogens is 250 g/mol. The first-order valence-electron chi connectivity index (χ1n) is 6.90. The average Bonchev–Trinajstić information content (AvgIpc) is 2.99. The molecule has 1 aliphatic heterocycles. The predicted molar refractivity (Wildman–Crippen MR) is 76.1 cm³/mol. The van der Waals surface area contributed by atoms with E-state index < -0.39 is 0 Å². The van der Waals surface area contributed by atoms with E-state index in [0.29, 0.717) is 12.3 Å². The number of benzene rings is 1. The maximum Gasteiger partial charge on any atom is 0.227 e. The van der Waals surface area contributed by atoms with Crippen molar-refractivity contribution in [1.29, 1.82) is 0 Å². The van der Waals surface area contributed by atoms with Gasteiger partial charge in [-0.3, -0.25) is 4.79 Å². The molecule has 2 heterocycles. The predicted octanol–water partition coefficient (Wildman–Crippen LogP) is 2.04. The molecule has 4 nitrogen and oxygen atoms in total. The third-order valence-corrected chi connectivity index (χ3v) is 3.76. The van der Waals surface area contributed by atoms with Crippen LogP contribution in [0.3, 0.4) is 0 Å². The first-order valence-corrected chi connectivity index (χ1v) is 6.90. The van der Waals surface area contributed by atoms with Gasteiger partial charge in [-0.05, 0) is 18.1 Å². The summed E-state index contributed by atoms with van der Waals surface area (Å²) < 4.78 is 0. The Hall–Kier alpha value is -2.23. The normalized spacial score (nSPS) is 18.2. The second-order valence-corrected chi connectivity index (χ2v) is 5.12. The summed E-state index contributed by atoms with van der Waals surface area (Å²) in [5, 5.41) is 0. The van der Waals surface area contributed by atoms with Crippen molar-refractivity contribution in [3.8, 4) is 0 Å². The maximum absolute atomic E-state index is 12.3. The fourth-order valence-electron chi connectivity index (χ4n) is 2.65. The quantitative estimate of drug-likeness (QED) is 0.855. The van der Waals surface area contributed by atoms with Gasteiger partial charge in [0.05, 0.1) is 6.42 Å². The van der Waals surface area contributed by atoms with Crippen LogP contribution in [0, 0.1) is 0 Å². The number of hydrogen-bond donors (Lipinski definition) is 0. The highest BCUT2D eigenvalue weighted by molar-refractivity contribution is 5.79. The molecule has 0 aliphatic carbocycles. The SMILES string of the molecule is O=C(Cc1ccccc1)N1CCC(c2ccncn2)C1. The lowest BCUT2D eigenvalue weighted by atomic mass is 10.1. The van der Waals surface area contributed by atoms with Crippen LogP contribution in [0.4, 0.5) is 0 Å². The summed E-state index contributed by atoms with van der Waals surface area (Å²) in [5.74, 6) is 0.547. The van der Waals surface area contributed by atoms with E-state index in [4.69, 9.17) is 0 Å². The van der Waals surface area contributed by atoms with E-state index in [1.807, 2.05) is 41.3 Å². The largest absolute Gasteiger partial charge is 0.342 e. The Morgan fingerprint density at radius 1 is 1.25 bits per heavy atom. The van der Waals surface area contributed by atoms with Gasteiger partial charge in [0.15, 0.2) is 0 Å². The van der Waals surface area contributed by atoms with Crippen LogP contribution < -0.4 is 0 Å². The van der Waals surface area contributed by atoms with E-state index in [-0.39, 0.29) is 5.91 Å². The zero-order valence-corrected chi connectivity index (χ0v) is 11.3. The molecule has 4 heteroatoms. The number of likely N-dealkylation sites (tertiary alicyclic amines) is 1. The minimum Gasteiger partial charge on any atom is -0.342 e. The zero-order chi connectivity index (χ0) is 13.8. The molecule has 1 aromatic carbocycles. The number of nitrogens with zero attached hydrogens (tertiary/aromatic N) is 3. The van der Waals surface area contributed by atoms with E-state index >= 15 is 0 Å². The molecule has 1 aromatic heterocycles. The lowest BCUT2D eigenvalue weighted by molar-refractivity contribution is -0.129. The van der Waals surface area contributed by atoms with Crippen molar-refractivity contribution in [2.45, 2.75) is 18.8 Å². The van der Waals surface area contributed by atoms with Gasteiger partial charge in [-0.25, -0.2) is 9.97 Å². The summed E-state index contributed by atoms with van der Waals surface area (Å²) in [4.78, 5) is 22.5. The molecule has 0 saturated carbocycles. The van der Waals surface area contributed by atoms with E-state index in [0.717, 1.165) is 30.8 Å². The van der Waals surface area contributed by atoms with E-state index in [9.17, 15) is 4.79 Å². The van der Waals surface area contributed by atoms with Gasteiger partial charge >= 0.3 is 0 Å². The van der Waals surface area contributed by atoms with Crippen molar-refractivity contribution >= 4 is 5.91 Å². The van der Waals surface area contributed by atoms with Gasteiger partial charge in [-0.15, -0.1) is 0 Å². The summed E-state index contributed by atoms with van der Waals surface area (Å²) in [7, 11) is 0. The van der Waals surface area contributed by atoms with Crippen LogP contribution in [0.1, 0.15) is 23.6 Å².